The fraction of sp³-hybridized carbons (Fsp3) is 0.545. The van der Waals surface area contributed by atoms with Crippen LogP contribution < -0.4 is 10.1 Å². The van der Waals surface area contributed by atoms with Crippen LogP contribution in [0.2, 0.25) is 0 Å². The zero-order chi connectivity index (χ0) is 19.5. The first-order valence-corrected chi connectivity index (χ1v) is 10.4. The van der Waals surface area contributed by atoms with Gasteiger partial charge in [-0.15, -0.1) is 0 Å². The quantitative estimate of drug-likeness (QED) is 0.849. The molecule has 1 saturated heterocycles. The van der Waals surface area contributed by atoms with Gasteiger partial charge in [-0.25, -0.2) is 0 Å². The van der Waals surface area contributed by atoms with Gasteiger partial charge in [0.15, 0.2) is 0 Å². The zero-order valence-electron chi connectivity index (χ0n) is 16.5. The lowest BCUT2D eigenvalue weighted by Gasteiger charge is -2.33. The van der Waals surface area contributed by atoms with Crippen molar-refractivity contribution in [2.45, 2.75) is 51.0 Å². The third-order valence-corrected chi connectivity index (χ3v) is 6.16. The number of likely N-dealkylation sites (tertiary alicyclic amines) is 1. The first-order valence-electron chi connectivity index (χ1n) is 10.4. The third-order valence-electron chi connectivity index (χ3n) is 6.16. The Hall–Kier alpha value is -2.50. The molecule has 0 bridgehead atoms. The lowest BCUT2D eigenvalue weighted by Crippen LogP contribution is -2.48. The Morgan fingerprint density at radius 1 is 1.07 bits per heavy atom. The van der Waals surface area contributed by atoms with E-state index in [0.29, 0.717) is 18.8 Å². The second-order valence-corrected chi connectivity index (χ2v) is 8.05. The Balaban J connectivity index is 1.33. The average Bonchev–Trinajstić information content (AvgIpc) is 3.17. The van der Waals surface area contributed by atoms with Gasteiger partial charge in [-0.3, -0.25) is 9.59 Å². The van der Waals surface area contributed by atoms with E-state index < -0.39 is 0 Å². The molecule has 0 atom stereocenters. The summed E-state index contributed by atoms with van der Waals surface area (Å²) in [5, 5.41) is 4.22. The Labute approximate surface area is 165 Å². The van der Waals surface area contributed by atoms with E-state index >= 15 is 0 Å². The molecule has 6 nitrogen and oxygen atoms in total. The second kappa shape index (κ2) is 8.25. The monoisotopic (exact) mass is 383 g/mol. The van der Waals surface area contributed by atoms with Crippen LogP contribution in [0.1, 0.15) is 55.4 Å². The molecule has 0 radical (unpaired) electrons. The maximum atomic E-state index is 12.9. The Morgan fingerprint density at radius 3 is 2.54 bits per heavy atom. The molecule has 2 heterocycles. The van der Waals surface area contributed by atoms with Gasteiger partial charge in [0.2, 0.25) is 5.91 Å². The number of aromatic nitrogens is 1. The summed E-state index contributed by atoms with van der Waals surface area (Å²) in [6, 6.07) is 7.83. The molecule has 1 aliphatic heterocycles. The van der Waals surface area contributed by atoms with Crippen LogP contribution in [-0.4, -0.2) is 47.9 Å². The molecular weight excluding hydrogens is 354 g/mol. The Kier molecular flexibility index (Phi) is 5.55. The zero-order valence-corrected chi connectivity index (χ0v) is 16.5. The number of rotatable bonds is 4. The number of hydrogen-bond acceptors (Lipinski definition) is 3. The minimum absolute atomic E-state index is 0.0206. The number of carbonyl (C=O) groups excluding carboxylic acids is 2. The largest absolute Gasteiger partial charge is 0.497 e. The number of amides is 2. The van der Waals surface area contributed by atoms with Gasteiger partial charge in [-0.2, -0.15) is 0 Å². The highest BCUT2D eigenvalue weighted by atomic mass is 16.5. The Morgan fingerprint density at radius 2 is 1.82 bits per heavy atom. The van der Waals surface area contributed by atoms with E-state index in [4.69, 9.17) is 4.74 Å². The van der Waals surface area contributed by atoms with Crippen molar-refractivity contribution < 1.29 is 14.3 Å². The number of nitrogens with zero attached hydrogens (tertiary/aromatic N) is 1. The minimum atomic E-state index is 0.0206. The predicted molar refractivity (Wildman–Crippen MR) is 108 cm³/mol. The lowest BCUT2D eigenvalue weighted by molar-refractivity contribution is -0.126. The van der Waals surface area contributed by atoms with Crippen molar-refractivity contribution in [1.82, 2.24) is 15.2 Å². The van der Waals surface area contributed by atoms with Crippen LogP contribution in [0.3, 0.4) is 0 Å². The van der Waals surface area contributed by atoms with Crippen LogP contribution in [0.5, 0.6) is 5.75 Å². The number of ether oxygens (including phenoxy) is 1. The van der Waals surface area contributed by atoms with E-state index in [1.807, 2.05) is 29.2 Å². The molecule has 2 amide bonds. The standard InChI is InChI=1S/C22H29N3O3/c1-28-18-8-7-16-13-20(24-19(16)14-18)22(27)25-11-9-17(10-12-25)23-21(26)15-5-3-2-4-6-15/h7-8,13-15,17,24H,2-6,9-12H2,1H3,(H,23,26). The van der Waals surface area contributed by atoms with Crippen LogP contribution in [0, 0.1) is 5.92 Å². The molecule has 150 valence electrons. The molecule has 0 spiro atoms. The van der Waals surface area contributed by atoms with Crippen molar-refractivity contribution in [3.8, 4) is 5.75 Å². The van der Waals surface area contributed by atoms with Crippen molar-refractivity contribution in [2.75, 3.05) is 20.2 Å². The van der Waals surface area contributed by atoms with Gasteiger partial charge in [0.25, 0.3) is 5.91 Å². The summed E-state index contributed by atoms with van der Waals surface area (Å²) in [7, 11) is 1.63. The number of piperidine rings is 1. The van der Waals surface area contributed by atoms with E-state index in [0.717, 1.165) is 42.3 Å². The molecule has 4 rings (SSSR count). The molecule has 6 heteroatoms. The summed E-state index contributed by atoms with van der Waals surface area (Å²) in [6.45, 7) is 1.35. The van der Waals surface area contributed by atoms with Crippen LogP contribution in [0.25, 0.3) is 10.9 Å². The number of methoxy groups -OCH3 is 1. The van der Waals surface area contributed by atoms with Crippen LogP contribution in [-0.2, 0) is 4.79 Å². The molecule has 2 aliphatic rings. The molecule has 0 unspecified atom stereocenters. The molecule has 28 heavy (non-hydrogen) atoms. The first-order chi connectivity index (χ1) is 13.6. The van der Waals surface area contributed by atoms with E-state index in [2.05, 4.69) is 10.3 Å². The number of benzene rings is 1. The summed E-state index contributed by atoms with van der Waals surface area (Å²) in [5.74, 6) is 1.20. The minimum Gasteiger partial charge on any atom is -0.497 e. The number of fused-ring (bicyclic) bond motifs is 1. The number of aromatic amines is 1. The molecule has 2 fully saturated rings. The fourth-order valence-electron chi connectivity index (χ4n) is 4.43. The van der Waals surface area contributed by atoms with Gasteiger partial charge in [-0.05, 0) is 43.9 Å². The second-order valence-electron chi connectivity index (χ2n) is 8.05. The van der Waals surface area contributed by atoms with Gasteiger partial charge in [0.05, 0.1) is 7.11 Å². The van der Waals surface area contributed by atoms with Crippen LogP contribution in [0.15, 0.2) is 24.3 Å². The van der Waals surface area contributed by atoms with Crippen LogP contribution >= 0.6 is 0 Å². The Bertz CT molecular complexity index is 846. The van der Waals surface area contributed by atoms with Gasteiger partial charge >= 0.3 is 0 Å². The van der Waals surface area contributed by atoms with E-state index in [1.54, 1.807) is 7.11 Å². The summed E-state index contributed by atoms with van der Waals surface area (Å²) < 4.78 is 5.25. The first kappa shape index (κ1) is 18.8. The number of carbonyl (C=O) groups is 2. The highest BCUT2D eigenvalue weighted by Gasteiger charge is 2.28. The average molecular weight is 383 g/mol. The summed E-state index contributed by atoms with van der Waals surface area (Å²) in [6.07, 6.45) is 7.27. The molecular formula is C22H29N3O3. The van der Waals surface area contributed by atoms with E-state index in [9.17, 15) is 9.59 Å². The molecule has 1 aromatic carbocycles. The van der Waals surface area contributed by atoms with E-state index in [1.165, 1.54) is 19.3 Å². The summed E-state index contributed by atoms with van der Waals surface area (Å²) in [5.41, 5.74) is 1.50. The van der Waals surface area contributed by atoms with Gasteiger partial charge < -0.3 is 19.9 Å². The lowest BCUT2D eigenvalue weighted by atomic mass is 9.88. The van der Waals surface area contributed by atoms with Gasteiger partial charge in [0.1, 0.15) is 11.4 Å². The van der Waals surface area contributed by atoms with Crippen molar-refractivity contribution in [3.05, 3.63) is 30.0 Å². The highest BCUT2D eigenvalue weighted by molar-refractivity contribution is 5.98. The molecule has 2 N–H and O–H groups in total. The SMILES string of the molecule is COc1ccc2cc(C(=O)N3CCC(NC(=O)C4CCCCC4)CC3)[nH]c2c1. The predicted octanol–water partition coefficient (Wildman–Crippen LogP) is 3.48. The molecule has 1 saturated carbocycles. The fourth-order valence-corrected chi connectivity index (χ4v) is 4.43. The molecule has 2 aromatic rings. The summed E-state index contributed by atoms with van der Waals surface area (Å²) >= 11 is 0. The number of H-pyrrole nitrogens is 1. The van der Waals surface area contributed by atoms with Gasteiger partial charge in [0, 0.05) is 42.0 Å². The van der Waals surface area contributed by atoms with Crippen molar-refractivity contribution in [2.24, 2.45) is 5.92 Å². The maximum Gasteiger partial charge on any atom is 0.270 e. The maximum absolute atomic E-state index is 12.9. The normalized spacial score (nSPS) is 19.0. The number of hydrogen-bond donors (Lipinski definition) is 2. The smallest absolute Gasteiger partial charge is 0.270 e. The van der Waals surface area contributed by atoms with Crippen molar-refractivity contribution in [1.29, 1.82) is 0 Å². The topological polar surface area (TPSA) is 74.4 Å². The molecule has 1 aliphatic carbocycles. The third kappa shape index (κ3) is 4.01. The highest BCUT2D eigenvalue weighted by Crippen LogP contribution is 2.25. The summed E-state index contributed by atoms with van der Waals surface area (Å²) in [4.78, 5) is 30.4. The van der Waals surface area contributed by atoms with Gasteiger partial charge in [-0.1, -0.05) is 19.3 Å². The number of nitrogens with one attached hydrogen (secondary N) is 2. The van der Waals surface area contributed by atoms with E-state index in [-0.39, 0.29) is 23.8 Å². The van der Waals surface area contributed by atoms with Crippen LogP contribution in [0.4, 0.5) is 0 Å². The van der Waals surface area contributed by atoms with Crippen molar-refractivity contribution >= 4 is 22.7 Å². The molecule has 1 aromatic heterocycles. The van der Waals surface area contributed by atoms with Crippen molar-refractivity contribution in [3.63, 3.8) is 0 Å².